The monoisotopic (exact) mass is 354 g/mol. The highest BCUT2D eigenvalue weighted by Crippen LogP contribution is 2.30. The van der Waals surface area contributed by atoms with Crippen molar-refractivity contribution in [3.63, 3.8) is 0 Å². The molecule has 1 amide bonds. The second kappa shape index (κ2) is 6.67. The van der Waals surface area contributed by atoms with E-state index in [4.69, 9.17) is 5.73 Å². The lowest BCUT2D eigenvalue weighted by molar-refractivity contribution is -0.137. The predicted octanol–water partition coefficient (Wildman–Crippen LogP) is 2.44. The maximum absolute atomic E-state index is 12.6. The summed E-state index contributed by atoms with van der Waals surface area (Å²) in [5.74, 6) is -0.768. The van der Waals surface area contributed by atoms with Gasteiger partial charge in [-0.15, -0.1) is 0 Å². The lowest BCUT2D eigenvalue weighted by atomic mass is 10.1. The van der Waals surface area contributed by atoms with E-state index < -0.39 is 23.2 Å². The van der Waals surface area contributed by atoms with E-state index in [-0.39, 0.29) is 23.9 Å². The number of benzene rings is 1. The van der Waals surface area contributed by atoms with Crippen LogP contribution >= 0.6 is 0 Å². The van der Waals surface area contributed by atoms with Gasteiger partial charge >= 0.3 is 6.18 Å². The summed E-state index contributed by atoms with van der Waals surface area (Å²) in [7, 11) is 0. The highest BCUT2D eigenvalue weighted by atomic mass is 19.4. The van der Waals surface area contributed by atoms with Crippen molar-refractivity contribution in [2.45, 2.75) is 25.6 Å². The zero-order valence-electron chi connectivity index (χ0n) is 13.6. The minimum Gasteiger partial charge on any atom is -0.389 e. The van der Waals surface area contributed by atoms with E-state index in [9.17, 15) is 23.1 Å². The summed E-state index contributed by atoms with van der Waals surface area (Å²) in [5.41, 5.74) is 3.89. The number of carbonyl (C=O) groups excluding carboxylic acids is 1. The van der Waals surface area contributed by atoms with Gasteiger partial charge in [-0.1, -0.05) is 12.1 Å². The van der Waals surface area contributed by atoms with Crippen molar-refractivity contribution < 1.29 is 23.1 Å². The summed E-state index contributed by atoms with van der Waals surface area (Å²) >= 11 is 0. The van der Waals surface area contributed by atoms with Crippen LogP contribution in [0.15, 0.2) is 30.3 Å². The van der Waals surface area contributed by atoms with Gasteiger partial charge in [0.2, 0.25) is 5.95 Å². The molecule has 0 atom stereocenters. The Morgan fingerprint density at radius 1 is 1.20 bits per heavy atom. The fraction of sp³-hybridized carbons (Fsp3) is 0.312. The van der Waals surface area contributed by atoms with Gasteiger partial charge in [0.15, 0.2) is 0 Å². The maximum atomic E-state index is 12.6. The van der Waals surface area contributed by atoms with E-state index in [0.717, 1.165) is 12.1 Å². The van der Waals surface area contributed by atoms with Crippen LogP contribution in [-0.2, 0) is 6.18 Å². The number of hydrogen-bond acceptors (Lipinski definition) is 5. The SMILES string of the molecule is CC(C)(O)CNc1nc(C(N)=O)cc(-c2ccc(C(F)(F)F)cc2)n1. The first-order valence-corrected chi connectivity index (χ1v) is 7.28. The molecule has 0 aliphatic rings. The number of aliphatic hydroxyl groups is 1. The van der Waals surface area contributed by atoms with Crippen LogP contribution in [0, 0.1) is 0 Å². The molecule has 2 rings (SSSR count). The van der Waals surface area contributed by atoms with Gasteiger partial charge in [-0.3, -0.25) is 4.79 Å². The molecular weight excluding hydrogens is 337 g/mol. The average Bonchev–Trinajstić information content (AvgIpc) is 2.51. The molecule has 0 fully saturated rings. The summed E-state index contributed by atoms with van der Waals surface area (Å²) in [6, 6.07) is 5.63. The number of carbonyl (C=O) groups is 1. The van der Waals surface area contributed by atoms with Gasteiger partial charge in [0.25, 0.3) is 5.91 Å². The van der Waals surface area contributed by atoms with Crippen LogP contribution in [-0.4, -0.2) is 33.1 Å². The van der Waals surface area contributed by atoms with Crippen LogP contribution in [0.25, 0.3) is 11.3 Å². The van der Waals surface area contributed by atoms with Gasteiger partial charge < -0.3 is 16.2 Å². The number of amides is 1. The van der Waals surface area contributed by atoms with Gasteiger partial charge in [-0.25, -0.2) is 9.97 Å². The van der Waals surface area contributed by atoms with Crippen molar-refractivity contribution in [2.24, 2.45) is 5.73 Å². The van der Waals surface area contributed by atoms with Crippen LogP contribution < -0.4 is 11.1 Å². The molecule has 134 valence electrons. The first-order chi connectivity index (χ1) is 11.5. The number of nitrogens with two attached hydrogens (primary N) is 1. The number of rotatable bonds is 5. The molecule has 0 bridgehead atoms. The summed E-state index contributed by atoms with van der Waals surface area (Å²) < 4.78 is 37.9. The fourth-order valence-corrected chi connectivity index (χ4v) is 1.93. The molecular formula is C16H17F3N4O2. The van der Waals surface area contributed by atoms with Gasteiger partial charge in [-0.2, -0.15) is 13.2 Å². The summed E-state index contributed by atoms with van der Waals surface area (Å²) in [6.07, 6.45) is -4.44. The number of halogens is 3. The zero-order valence-corrected chi connectivity index (χ0v) is 13.6. The van der Waals surface area contributed by atoms with E-state index in [0.29, 0.717) is 5.56 Å². The number of anilines is 1. The van der Waals surface area contributed by atoms with Gasteiger partial charge in [0, 0.05) is 12.1 Å². The van der Waals surface area contributed by atoms with E-state index in [1.165, 1.54) is 18.2 Å². The molecule has 0 saturated heterocycles. The molecule has 6 nitrogen and oxygen atoms in total. The number of primary amides is 1. The highest BCUT2D eigenvalue weighted by molar-refractivity contribution is 5.92. The van der Waals surface area contributed by atoms with Crippen LogP contribution in [0.5, 0.6) is 0 Å². The Hall–Kier alpha value is -2.68. The van der Waals surface area contributed by atoms with Crippen LogP contribution in [0.1, 0.15) is 29.9 Å². The standard InChI is InChI=1S/C16H17F3N4O2/c1-15(2,25)8-21-14-22-11(7-12(23-14)13(20)24)9-3-5-10(6-4-9)16(17,18)19/h3-7,25H,8H2,1-2H3,(H2,20,24)(H,21,22,23). The molecule has 0 spiro atoms. The minimum atomic E-state index is -4.44. The van der Waals surface area contributed by atoms with E-state index in [1.54, 1.807) is 13.8 Å². The van der Waals surface area contributed by atoms with Crippen molar-refractivity contribution in [1.29, 1.82) is 0 Å². The van der Waals surface area contributed by atoms with E-state index >= 15 is 0 Å². The summed E-state index contributed by atoms with van der Waals surface area (Å²) in [6.45, 7) is 3.23. The molecule has 1 heterocycles. The Morgan fingerprint density at radius 3 is 2.28 bits per heavy atom. The normalized spacial score (nSPS) is 12.1. The second-order valence-corrected chi connectivity index (χ2v) is 6.07. The van der Waals surface area contributed by atoms with E-state index in [1.807, 2.05) is 0 Å². The number of hydrogen-bond donors (Lipinski definition) is 3. The van der Waals surface area contributed by atoms with Gasteiger partial charge in [0.05, 0.1) is 16.9 Å². The van der Waals surface area contributed by atoms with Gasteiger partial charge in [-0.05, 0) is 32.0 Å². The van der Waals surface area contributed by atoms with Crippen molar-refractivity contribution in [2.75, 3.05) is 11.9 Å². The summed E-state index contributed by atoms with van der Waals surface area (Å²) in [5, 5.41) is 12.5. The predicted molar refractivity (Wildman–Crippen MR) is 85.8 cm³/mol. The third-order valence-corrected chi connectivity index (χ3v) is 3.17. The fourth-order valence-electron chi connectivity index (χ4n) is 1.93. The Kier molecular flexibility index (Phi) is 4.98. The second-order valence-electron chi connectivity index (χ2n) is 6.07. The van der Waals surface area contributed by atoms with Crippen molar-refractivity contribution in [1.82, 2.24) is 9.97 Å². The van der Waals surface area contributed by atoms with Crippen molar-refractivity contribution >= 4 is 11.9 Å². The Bertz CT molecular complexity index is 768. The molecule has 1 aromatic heterocycles. The smallest absolute Gasteiger partial charge is 0.389 e. The van der Waals surface area contributed by atoms with Crippen LogP contribution in [0.4, 0.5) is 19.1 Å². The lowest BCUT2D eigenvalue weighted by Crippen LogP contribution is -2.30. The number of alkyl halides is 3. The third-order valence-electron chi connectivity index (χ3n) is 3.17. The Morgan fingerprint density at radius 2 is 1.80 bits per heavy atom. The quantitative estimate of drug-likeness (QED) is 0.766. The van der Waals surface area contributed by atoms with Crippen LogP contribution in [0.2, 0.25) is 0 Å². The molecule has 0 aliphatic heterocycles. The summed E-state index contributed by atoms with van der Waals surface area (Å²) in [4.78, 5) is 19.5. The molecule has 0 radical (unpaired) electrons. The van der Waals surface area contributed by atoms with Crippen molar-refractivity contribution in [3.05, 3.63) is 41.6 Å². The molecule has 0 saturated carbocycles. The molecule has 9 heteroatoms. The topological polar surface area (TPSA) is 101 Å². The van der Waals surface area contributed by atoms with Crippen LogP contribution in [0.3, 0.4) is 0 Å². The largest absolute Gasteiger partial charge is 0.416 e. The number of nitrogens with one attached hydrogen (secondary N) is 1. The minimum absolute atomic E-state index is 0.0355. The first-order valence-electron chi connectivity index (χ1n) is 7.28. The van der Waals surface area contributed by atoms with E-state index in [2.05, 4.69) is 15.3 Å². The Labute approximate surface area is 141 Å². The molecule has 0 aliphatic carbocycles. The van der Waals surface area contributed by atoms with Crippen molar-refractivity contribution in [3.8, 4) is 11.3 Å². The maximum Gasteiger partial charge on any atom is 0.416 e. The molecule has 4 N–H and O–H groups in total. The van der Waals surface area contributed by atoms with Gasteiger partial charge in [0.1, 0.15) is 5.69 Å². The zero-order chi connectivity index (χ0) is 18.8. The number of nitrogens with zero attached hydrogens (tertiary/aromatic N) is 2. The molecule has 2 aromatic rings. The Balaban J connectivity index is 2.39. The first kappa shape index (κ1) is 18.7. The average molecular weight is 354 g/mol. The molecule has 25 heavy (non-hydrogen) atoms. The number of aromatic nitrogens is 2. The molecule has 1 aromatic carbocycles. The lowest BCUT2D eigenvalue weighted by Gasteiger charge is -2.18. The third kappa shape index (κ3) is 5.15. The highest BCUT2D eigenvalue weighted by Gasteiger charge is 2.30. The molecule has 0 unspecified atom stereocenters.